The molecule has 0 fully saturated rings. The summed E-state index contributed by atoms with van der Waals surface area (Å²) in [6.07, 6.45) is 3.86. The topological polar surface area (TPSA) is 136 Å². The normalized spacial score (nSPS) is 10.7. The van der Waals surface area contributed by atoms with Gasteiger partial charge in [-0.25, -0.2) is 14.8 Å². The first-order valence-corrected chi connectivity index (χ1v) is 11.8. The number of para-hydroxylation sites is 2. The molecule has 10 nitrogen and oxygen atoms in total. The van der Waals surface area contributed by atoms with Gasteiger partial charge in [0.1, 0.15) is 28.7 Å². The molecule has 0 spiro atoms. The minimum absolute atomic E-state index is 0.184. The van der Waals surface area contributed by atoms with Crippen LogP contribution < -0.4 is 20.6 Å². The summed E-state index contributed by atoms with van der Waals surface area (Å²) in [5.74, 6) is 0.483. The molecule has 2 heterocycles. The number of nitrogens with one attached hydrogen (secondary N) is 1. The van der Waals surface area contributed by atoms with E-state index < -0.39 is 17.1 Å². The molecule has 0 radical (unpaired) electrons. The summed E-state index contributed by atoms with van der Waals surface area (Å²) in [5, 5.41) is 9.06. The monoisotopic (exact) mass is 502 g/mol. The maximum Gasteiger partial charge on any atom is 0.342 e. The van der Waals surface area contributed by atoms with E-state index in [1.807, 2.05) is 31.2 Å². The number of aromatic carboxylic acids is 1. The third kappa shape index (κ3) is 5.92. The van der Waals surface area contributed by atoms with Gasteiger partial charge in [0.25, 0.3) is 11.1 Å². The van der Waals surface area contributed by atoms with Gasteiger partial charge in [0.15, 0.2) is 0 Å². The molecule has 0 saturated carbocycles. The summed E-state index contributed by atoms with van der Waals surface area (Å²) in [5.41, 5.74) is -0.131. The minimum atomic E-state index is -1.35. The number of carboxylic acid groups (broad SMARTS) is 1. The summed E-state index contributed by atoms with van der Waals surface area (Å²) < 4.78 is 13.4. The third-order valence-corrected chi connectivity index (χ3v) is 5.48. The molecule has 10 heteroatoms. The van der Waals surface area contributed by atoms with E-state index in [9.17, 15) is 14.4 Å². The lowest BCUT2D eigenvalue weighted by Gasteiger charge is -2.16. The first-order valence-electron chi connectivity index (χ1n) is 11.8. The van der Waals surface area contributed by atoms with Crippen LogP contribution >= 0.6 is 0 Å². The fourth-order valence-corrected chi connectivity index (χ4v) is 3.73. The number of carbonyl (C=O) groups is 1. The highest BCUT2D eigenvalue weighted by atomic mass is 16.5. The number of benzene rings is 2. The van der Waals surface area contributed by atoms with Gasteiger partial charge in [0, 0.05) is 25.0 Å². The predicted molar refractivity (Wildman–Crippen MR) is 137 cm³/mol. The van der Waals surface area contributed by atoms with Crippen molar-refractivity contribution >= 4 is 5.97 Å². The Morgan fingerprint density at radius 3 is 2.32 bits per heavy atom. The SMILES string of the molecule is CCCOc1ccccc1-c1nccc(=O)n1CCCOc1ccccc1-c1ncc(C(=O)O)c(=O)[nH]1. The second kappa shape index (κ2) is 11.8. The molecule has 2 aromatic heterocycles. The summed E-state index contributed by atoms with van der Waals surface area (Å²) in [4.78, 5) is 46.9. The van der Waals surface area contributed by atoms with Crippen molar-refractivity contribution in [2.45, 2.75) is 26.3 Å². The maximum atomic E-state index is 12.7. The highest BCUT2D eigenvalue weighted by Crippen LogP contribution is 2.29. The molecule has 0 bridgehead atoms. The first kappa shape index (κ1) is 25.4. The molecule has 4 rings (SSSR count). The molecule has 4 aromatic rings. The van der Waals surface area contributed by atoms with Crippen LogP contribution in [0.5, 0.6) is 11.5 Å². The average Bonchev–Trinajstić information content (AvgIpc) is 2.90. The molecule has 0 aliphatic heterocycles. The summed E-state index contributed by atoms with van der Waals surface area (Å²) in [6.45, 7) is 3.20. The van der Waals surface area contributed by atoms with Crippen molar-refractivity contribution < 1.29 is 19.4 Å². The Morgan fingerprint density at radius 2 is 1.62 bits per heavy atom. The molecule has 37 heavy (non-hydrogen) atoms. The maximum absolute atomic E-state index is 12.7. The van der Waals surface area contributed by atoms with Gasteiger partial charge in [-0.15, -0.1) is 0 Å². The number of H-pyrrole nitrogens is 1. The van der Waals surface area contributed by atoms with Crippen LogP contribution in [-0.2, 0) is 6.54 Å². The zero-order chi connectivity index (χ0) is 26.2. The number of nitrogens with zero attached hydrogens (tertiary/aromatic N) is 3. The summed E-state index contributed by atoms with van der Waals surface area (Å²) >= 11 is 0. The smallest absolute Gasteiger partial charge is 0.342 e. The third-order valence-electron chi connectivity index (χ3n) is 5.48. The molecule has 0 saturated heterocycles. The van der Waals surface area contributed by atoms with Crippen LogP contribution in [0.25, 0.3) is 22.8 Å². The van der Waals surface area contributed by atoms with Gasteiger partial charge >= 0.3 is 5.97 Å². The Hall–Kier alpha value is -4.73. The molecule has 2 N–H and O–H groups in total. The number of hydrogen-bond acceptors (Lipinski definition) is 7. The number of aromatic amines is 1. The van der Waals surface area contributed by atoms with Gasteiger partial charge in [0.05, 0.1) is 24.3 Å². The number of rotatable bonds is 11. The van der Waals surface area contributed by atoms with Gasteiger partial charge in [0.2, 0.25) is 0 Å². The second-order valence-corrected chi connectivity index (χ2v) is 8.08. The van der Waals surface area contributed by atoms with Crippen molar-refractivity contribution in [1.82, 2.24) is 19.5 Å². The Morgan fingerprint density at radius 1 is 0.946 bits per heavy atom. The van der Waals surface area contributed by atoms with Crippen LogP contribution in [-0.4, -0.2) is 43.8 Å². The summed E-state index contributed by atoms with van der Waals surface area (Å²) in [6, 6.07) is 15.9. The quantitative estimate of drug-likeness (QED) is 0.297. The number of ether oxygens (including phenoxy) is 2. The molecule has 0 unspecified atom stereocenters. The van der Waals surface area contributed by atoms with Crippen molar-refractivity contribution in [3.63, 3.8) is 0 Å². The zero-order valence-electron chi connectivity index (χ0n) is 20.2. The van der Waals surface area contributed by atoms with Crippen LogP contribution in [0.2, 0.25) is 0 Å². The Balaban J connectivity index is 1.50. The van der Waals surface area contributed by atoms with Crippen molar-refractivity contribution in [1.29, 1.82) is 0 Å². The van der Waals surface area contributed by atoms with E-state index in [4.69, 9.17) is 14.6 Å². The molecule has 190 valence electrons. The van der Waals surface area contributed by atoms with Crippen molar-refractivity contribution in [3.05, 3.63) is 93.3 Å². The fraction of sp³-hybridized carbons (Fsp3) is 0.222. The minimum Gasteiger partial charge on any atom is -0.493 e. The van der Waals surface area contributed by atoms with E-state index >= 15 is 0 Å². The fourth-order valence-electron chi connectivity index (χ4n) is 3.73. The number of hydrogen-bond donors (Lipinski definition) is 2. The Kier molecular flexibility index (Phi) is 8.09. The van der Waals surface area contributed by atoms with E-state index in [1.54, 1.807) is 28.8 Å². The second-order valence-electron chi connectivity index (χ2n) is 8.08. The lowest BCUT2D eigenvalue weighted by atomic mass is 10.1. The molecule has 0 atom stereocenters. The first-order chi connectivity index (χ1) is 18.0. The average molecular weight is 503 g/mol. The molecule has 0 amide bonds. The number of carboxylic acids is 1. The van der Waals surface area contributed by atoms with E-state index in [-0.39, 0.29) is 18.0 Å². The molecular weight excluding hydrogens is 476 g/mol. The van der Waals surface area contributed by atoms with E-state index in [0.29, 0.717) is 42.5 Å². The van der Waals surface area contributed by atoms with E-state index in [1.165, 1.54) is 12.3 Å². The van der Waals surface area contributed by atoms with Crippen molar-refractivity contribution in [2.75, 3.05) is 13.2 Å². The highest BCUT2D eigenvalue weighted by molar-refractivity contribution is 5.86. The lowest BCUT2D eigenvalue weighted by Crippen LogP contribution is -2.23. The van der Waals surface area contributed by atoms with Crippen LogP contribution in [0.15, 0.2) is 76.6 Å². The summed E-state index contributed by atoms with van der Waals surface area (Å²) in [7, 11) is 0. The van der Waals surface area contributed by atoms with E-state index in [0.717, 1.165) is 18.2 Å². The van der Waals surface area contributed by atoms with Crippen molar-refractivity contribution in [2.24, 2.45) is 0 Å². The Bertz CT molecular complexity index is 1510. The lowest BCUT2D eigenvalue weighted by molar-refractivity contribution is 0.0694. The molecular formula is C27H26N4O6. The van der Waals surface area contributed by atoms with Gasteiger partial charge in [-0.1, -0.05) is 31.2 Å². The van der Waals surface area contributed by atoms with Gasteiger partial charge in [-0.05, 0) is 37.1 Å². The van der Waals surface area contributed by atoms with Crippen LogP contribution in [0, 0.1) is 0 Å². The highest BCUT2D eigenvalue weighted by Gasteiger charge is 2.15. The number of aromatic nitrogens is 4. The van der Waals surface area contributed by atoms with Gasteiger partial charge in [-0.3, -0.25) is 14.2 Å². The van der Waals surface area contributed by atoms with Gasteiger partial charge < -0.3 is 19.6 Å². The van der Waals surface area contributed by atoms with Crippen molar-refractivity contribution in [3.8, 4) is 34.3 Å². The molecule has 0 aliphatic rings. The molecule has 0 aliphatic carbocycles. The largest absolute Gasteiger partial charge is 0.493 e. The van der Waals surface area contributed by atoms with Gasteiger partial charge in [-0.2, -0.15) is 0 Å². The zero-order valence-corrected chi connectivity index (χ0v) is 20.2. The Labute approximate surface area is 212 Å². The standard InChI is InChI=1S/C27H26N4O6/c1-2-15-36-22-11-6-4-9-19(22)25-28-13-12-23(32)31(25)14-7-16-37-21-10-5-3-8-18(21)24-29-17-20(27(34)35)26(33)30-24/h3-6,8-13,17H,2,7,14-16H2,1H3,(H,34,35)(H,29,30,33). The predicted octanol–water partition coefficient (Wildman–Crippen LogP) is 3.62. The van der Waals surface area contributed by atoms with E-state index in [2.05, 4.69) is 15.0 Å². The van der Waals surface area contributed by atoms with Crippen LogP contribution in [0.4, 0.5) is 0 Å². The van der Waals surface area contributed by atoms with Crippen LogP contribution in [0.3, 0.4) is 0 Å². The van der Waals surface area contributed by atoms with Crippen LogP contribution in [0.1, 0.15) is 30.1 Å². The molecule has 2 aromatic carbocycles.